The highest BCUT2D eigenvalue weighted by Crippen LogP contribution is 2.40. The van der Waals surface area contributed by atoms with Crippen molar-refractivity contribution in [2.24, 2.45) is 7.05 Å². The number of unbranched alkanes of at least 4 members (excludes halogenated alkanes) is 1. The Hall–Kier alpha value is -2.88. The number of sulfonamides is 1. The number of rotatable bonds is 9. The fraction of sp³-hybridized carbons (Fsp3) is 0.500. The van der Waals surface area contributed by atoms with Crippen LogP contribution in [0.3, 0.4) is 0 Å². The van der Waals surface area contributed by atoms with Crippen molar-refractivity contribution in [1.82, 2.24) is 23.6 Å². The number of fused-ring (bicyclic) bond motifs is 1. The van der Waals surface area contributed by atoms with Gasteiger partial charge in [0, 0.05) is 36.9 Å². The zero-order chi connectivity index (χ0) is 23.0. The van der Waals surface area contributed by atoms with Crippen molar-refractivity contribution in [2.45, 2.75) is 51.9 Å². The number of carboxylic acid groups (broad SMARTS) is 1. The standard InChI is InChI=1S/C22H29N5O4S/c1-4-5-10-27(22(28)29)32(30,31)12-9-19-15(2)24-25(3)21(19)26-11-8-17-13-18(16-6-7-16)14-23-20(17)26/h8,11,13-14,16H,4-7,9-10,12H2,1-3H3,(H,28,29). The van der Waals surface area contributed by atoms with Crippen LogP contribution in [0.4, 0.5) is 4.79 Å². The molecule has 0 radical (unpaired) electrons. The first kappa shape index (κ1) is 22.3. The molecule has 9 nitrogen and oxygen atoms in total. The van der Waals surface area contributed by atoms with Gasteiger partial charge < -0.3 is 5.11 Å². The second-order valence-electron chi connectivity index (χ2n) is 8.43. The fourth-order valence-corrected chi connectivity index (χ4v) is 5.46. The molecule has 0 aromatic carbocycles. The van der Waals surface area contributed by atoms with Crippen molar-refractivity contribution in [2.75, 3.05) is 12.3 Å². The molecule has 0 aliphatic heterocycles. The summed E-state index contributed by atoms with van der Waals surface area (Å²) >= 11 is 0. The number of amides is 1. The van der Waals surface area contributed by atoms with Crippen LogP contribution in [-0.4, -0.2) is 55.6 Å². The molecule has 3 heterocycles. The molecule has 0 bridgehead atoms. The first-order valence-corrected chi connectivity index (χ1v) is 12.6. The van der Waals surface area contributed by atoms with Crippen LogP contribution in [0.2, 0.25) is 0 Å². The van der Waals surface area contributed by atoms with Gasteiger partial charge in [0.05, 0.1) is 11.4 Å². The summed E-state index contributed by atoms with van der Waals surface area (Å²) in [5, 5.41) is 14.9. The van der Waals surface area contributed by atoms with Gasteiger partial charge in [-0.3, -0.25) is 9.25 Å². The number of pyridine rings is 1. The molecule has 0 unspecified atom stereocenters. The van der Waals surface area contributed by atoms with E-state index in [2.05, 4.69) is 16.1 Å². The quantitative estimate of drug-likeness (QED) is 0.523. The summed E-state index contributed by atoms with van der Waals surface area (Å²) in [6, 6.07) is 4.18. The van der Waals surface area contributed by atoms with Crippen LogP contribution in [0.25, 0.3) is 16.9 Å². The summed E-state index contributed by atoms with van der Waals surface area (Å²) < 4.78 is 29.8. The van der Waals surface area contributed by atoms with Crippen molar-refractivity contribution in [3.8, 4) is 5.82 Å². The number of hydrogen-bond acceptors (Lipinski definition) is 5. The van der Waals surface area contributed by atoms with Crippen molar-refractivity contribution in [3.63, 3.8) is 0 Å². The summed E-state index contributed by atoms with van der Waals surface area (Å²) in [6.45, 7) is 3.70. The van der Waals surface area contributed by atoms with Crippen molar-refractivity contribution in [3.05, 3.63) is 41.3 Å². The van der Waals surface area contributed by atoms with Crippen LogP contribution < -0.4 is 0 Å². The summed E-state index contributed by atoms with van der Waals surface area (Å²) in [4.78, 5) is 16.2. The Morgan fingerprint density at radius 2 is 2.09 bits per heavy atom. The molecule has 1 aliphatic carbocycles. The van der Waals surface area contributed by atoms with Gasteiger partial charge in [-0.2, -0.15) is 5.10 Å². The summed E-state index contributed by atoms with van der Waals surface area (Å²) in [5.74, 6) is 1.05. The Morgan fingerprint density at radius 1 is 1.34 bits per heavy atom. The van der Waals surface area contributed by atoms with E-state index in [1.165, 1.54) is 18.4 Å². The molecule has 1 amide bonds. The molecule has 0 spiro atoms. The first-order chi connectivity index (χ1) is 15.2. The molecule has 0 atom stereocenters. The van der Waals surface area contributed by atoms with E-state index in [0.29, 0.717) is 28.8 Å². The number of hydrogen-bond donors (Lipinski definition) is 1. The van der Waals surface area contributed by atoms with E-state index < -0.39 is 16.1 Å². The Balaban J connectivity index is 1.65. The minimum Gasteiger partial charge on any atom is -0.464 e. The molecular weight excluding hydrogens is 430 g/mol. The lowest BCUT2D eigenvalue weighted by Crippen LogP contribution is -2.38. The van der Waals surface area contributed by atoms with E-state index in [-0.39, 0.29) is 18.7 Å². The Kier molecular flexibility index (Phi) is 5.98. The van der Waals surface area contributed by atoms with Gasteiger partial charge in [0.25, 0.3) is 0 Å². The maximum Gasteiger partial charge on any atom is 0.421 e. The lowest BCUT2D eigenvalue weighted by Gasteiger charge is -2.19. The second-order valence-corrected chi connectivity index (χ2v) is 10.4. The molecule has 1 aliphatic rings. The third-order valence-corrected chi connectivity index (χ3v) is 7.74. The third-order valence-electron chi connectivity index (χ3n) is 6.01. The molecule has 0 saturated heterocycles. The van der Waals surface area contributed by atoms with E-state index in [4.69, 9.17) is 0 Å². The van der Waals surface area contributed by atoms with E-state index in [1.807, 2.05) is 43.9 Å². The second kappa shape index (κ2) is 8.57. The Labute approximate surface area is 187 Å². The SMILES string of the molecule is CCCCN(C(=O)O)S(=O)(=O)CCc1c(C)nn(C)c1-n1ccc2cc(C3CC3)cnc21. The normalized spacial score (nSPS) is 14.2. The maximum atomic E-state index is 12.8. The largest absolute Gasteiger partial charge is 0.464 e. The molecule has 10 heteroatoms. The molecule has 3 aromatic rings. The third kappa shape index (κ3) is 4.23. The van der Waals surface area contributed by atoms with Gasteiger partial charge in [-0.05, 0) is 56.2 Å². The van der Waals surface area contributed by atoms with Crippen molar-refractivity contribution < 1.29 is 18.3 Å². The van der Waals surface area contributed by atoms with Crippen molar-refractivity contribution in [1.29, 1.82) is 0 Å². The summed E-state index contributed by atoms with van der Waals surface area (Å²) in [6.07, 6.45) is 6.18. The molecule has 32 heavy (non-hydrogen) atoms. The number of carbonyl (C=O) groups is 1. The molecule has 1 saturated carbocycles. The Bertz CT molecular complexity index is 1260. The minimum absolute atomic E-state index is 0.0253. The van der Waals surface area contributed by atoms with Gasteiger partial charge in [0.1, 0.15) is 11.5 Å². The molecule has 1 N–H and O–H groups in total. The molecule has 4 rings (SSSR count). The predicted molar refractivity (Wildman–Crippen MR) is 122 cm³/mol. The molecule has 3 aromatic heterocycles. The zero-order valence-electron chi connectivity index (χ0n) is 18.7. The Morgan fingerprint density at radius 3 is 2.75 bits per heavy atom. The number of aromatic nitrogens is 4. The monoisotopic (exact) mass is 459 g/mol. The number of nitrogens with zero attached hydrogens (tertiary/aromatic N) is 5. The fourth-order valence-electron chi connectivity index (χ4n) is 4.13. The van der Waals surface area contributed by atoms with Crippen LogP contribution >= 0.6 is 0 Å². The average Bonchev–Trinajstić information content (AvgIpc) is 3.44. The summed E-state index contributed by atoms with van der Waals surface area (Å²) in [5.41, 5.74) is 3.52. The van der Waals surface area contributed by atoms with Crippen LogP contribution in [0.15, 0.2) is 24.5 Å². The van der Waals surface area contributed by atoms with Gasteiger partial charge in [0.2, 0.25) is 10.0 Å². The maximum absolute atomic E-state index is 12.8. The highest BCUT2D eigenvalue weighted by molar-refractivity contribution is 7.89. The minimum atomic E-state index is -3.96. The molecule has 1 fully saturated rings. The molecular formula is C22H29N5O4S. The highest BCUT2D eigenvalue weighted by Gasteiger charge is 2.28. The predicted octanol–water partition coefficient (Wildman–Crippen LogP) is 3.60. The van der Waals surface area contributed by atoms with Gasteiger partial charge in [-0.25, -0.2) is 22.5 Å². The summed E-state index contributed by atoms with van der Waals surface area (Å²) in [7, 11) is -2.15. The van der Waals surface area contributed by atoms with E-state index >= 15 is 0 Å². The topological polar surface area (TPSA) is 110 Å². The lowest BCUT2D eigenvalue weighted by molar-refractivity contribution is 0.172. The zero-order valence-corrected chi connectivity index (χ0v) is 19.5. The first-order valence-electron chi connectivity index (χ1n) is 11.0. The van der Waals surface area contributed by atoms with Gasteiger partial charge in [-0.1, -0.05) is 13.3 Å². The van der Waals surface area contributed by atoms with Crippen LogP contribution in [0.1, 0.15) is 55.3 Å². The highest BCUT2D eigenvalue weighted by atomic mass is 32.2. The average molecular weight is 460 g/mol. The van der Waals surface area contributed by atoms with Gasteiger partial charge in [-0.15, -0.1) is 0 Å². The molecule has 172 valence electrons. The van der Waals surface area contributed by atoms with E-state index in [1.54, 1.807) is 4.68 Å². The van der Waals surface area contributed by atoms with Crippen LogP contribution in [-0.2, 0) is 23.5 Å². The lowest BCUT2D eigenvalue weighted by atomic mass is 10.1. The number of aryl methyl sites for hydroxylation is 2. The van der Waals surface area contributed by atoms with Crippen LogP contribution in [0.5, 0.6) is 0 Å². The van der Waals surface area contributed by atoms with E-state index in [9.17, 15) is 18.3 Å². The van der Waals surface area contributed by atoms with Gasteiger partial charge in [0.15, 0.2) is 0 Å². The van der Waals surface area contributed by atoms with E-state index in [0.717, 1.165) is 22.4 Å². The van der Waals surface area contributed by atoms with Crippen molar-refractivity contribution >= 4 is 27.1 Å². The smallest absolute Gasteiger partial charge is 0.421 e. The van der Waals surface area contributed by atoms with Gasteiger partial charge >= 0.3 is 6.09 Å². The van der Waals surface area contributed by atoms with Crippen LogP contribution in [0, 0.1) is 6.92 Å².